The van der Waals surface area contributed by atoms with Gasteiger partial charge < -0.3 is 4.57 Å². The van der Waals surface area contributed by atoms with Crippen molar-refractivity contribution in [2.24, 2.45) is 7.05 Å². The molecule has 3 aromatic heterocycles. The van der Waals surface area contributed by atoms with Crippen LogP contribution in [0.5, 0.6) is 0 Å². The topological polar surface area (TPSA) is 38.4 Å². The van der Waals surface area contributed by atoms with Gasteiger partial charge in [-0.1, -0.05) is 0 Å². The molecule has 0 aromatic carbocycles. The van der Waals surface area contributed by atoms with Crippen LogP contribution >= 0.6 is 11.3 Å². The third-order valence-corrected chi connectivity index (χ3v) is 5.59. The monoisotopic (exact) mass is 329 g/mol. The van der Waals surface area contributed by atoms with Crippen molar-refractivity contribution in [2.45, 2.75) is 39.2 Å². The molecule has 1 fully saturated rings. The lowest BCUT2D eigenvalue weighted by Gasteiger charge is -2.32. The van der Waals surface area contributed by atoms with Crippen molar-refractivity contribution in [3.8, 4) is 0 Å². The number of aromatic nitrogens is 4. The summed E-state index contributed by atoms with van der Waals surface area (Å²) in [6.07, 6.45) is 6.74. The Balaban J connectivity index is 1.54. The zero-order valence-electron chi connectivity index (χ0n) is 14.0. The molecule has 3 aromatic rings. The molecule has 1 unspecified atom stereocenters. The molecule has 122 valence electrons. The molecule has 0 saturated carbocycles. The fraction of sp³-hybridized carbons (Fsp3) is 0.529. The van der Waals surface area contributed by atoms with Gasteiger partial charge in [0.15, 0.2) is 4.96 Å². The minimum Gasteiger partial charge on any atom is -0.337 e. The van der Waals surface area contributed by atoms with Crippen molar-refractivity contribution in [3.63, 3.8) is 0 Å². The van der Waals surface area contributed by atoms with E-state index in [1.54, 1.807) is 11.3 Å². The Morgan fingerprint density at radius 2 is 2.17 bits per heavy atom. The summed E-state index contributed by atoms with van der Waals surface area (Å²) in [7, 11) is 2.12. The summed E-state index contributed by atoms with van der Waals surface area (Å²) in [4.78, 5) is 13.1. The van der Waals surface area contributed by atoms with Gasteiger partial charge in [0, 0.05) is 43.8 Å². The van der Waals surface area contributed by atoms with Crippen LogP contribution in [-0.4, -0.2) is 36.9 Å². The van der Waals surface area contributed by atoms with Crippen LogP contribution in [0.15, 0.2) is 17.8 Å². The molecule has 0 aliphatic carbocycles. The molecular weight excluding hydrogens is 306 g/mol. The molecule has 1 aliphatic rings. The van der Waals surface area contributed by atoms with E-state index in [-0.39, 0.29) is 0 Å². The van der Waals surface area contributed by atoms with Gasteiger partial charge in [-0.15, -0.1) is 11.3 Å². The number of hydrogen-bond donors (Lipinski definition) is 0. The first kappa shape index (κ1) is 14.9. The van der Waals surface area contributed by atoms with E-state index in [2.05, 4.69) is 57.5 Å². The first-order valence-electron chi connectivity index (χ1n) is 8.25. The summed E-state index contributed by atoms with van der Waals surface area (Å²) >= 11 is 1.71. The molecule has 1 aliphatic heterocycles. The molecule has 0 bridgehead atoms. The number of nitrogens with zero attached hydrogens (tertiary/aromatic N) is 5. The van der Waals surface area contributed by atoms with E-state index in [4.69, 9.17) is 4.98 Å². The molecule has 1 atom stereocenters. The number of imidazole rings is 2. The van der Waals surface area contributed by atoms with E-state index >= 15 is 0 Å². The molecule has 0 spiro atoms. The molecule has 1 saturated heterocycles. The summed E-state index contributed by atoms with van der Waals surface area (Å²) in [5.41, 5.74) is 3.61. The number of piperidine rings is 1. The Kier molecular flexibility index (Phi) is 3.73. The standard InChI is InChI=1S/C17H23N5S/c1-12-9-20(3)16(18-12)14-5-4-6-21(10-14)11-15-13(2)19-17-22(15)7-8-23-17/h7-9,14H,4-6,10-11H2,1-3H3. The van der Waals surface area contributed by atoms with Gasteiger partial charge in [-0.25, -0.2) is 9.97 Å². The number of thiazole rings is 1. The van der Waals surface area contributed by atoms with E-state index in [1.165, 1.54) is 24.4 Å². The molecule has 4 heterocycles. The maximum absolute atomic E-state index is 4.75. The Morgan fingerprint density at radius 3 is 2.96 bits per heavy atom. The number of likely N-dealkylation sites (tertiary alicyclic amines) is 1. The lowest BCUT2D eigenvalue weighted by molar-refractivity contribution is 0.192. The number of rotatable bonds is 3. The van der Waals surface area contributed by atoms with Crippen LogP contribution in [0.1, 0.15) is 41.7 Å². The molecule has 0 radical (unpaired) electrons. The zero-order valence-corrected chi connectivity index (χ0v) is 14.8. The van der Waals surface area contributed by atoms with Gasteiger partial charge in [-0.05, 0) is 33.2 Å². The Hall–Kier alpha value is -1.66. The molecule has 0 N–H and O–H groups in total. The zero-order chi connectivity index (χ0) is 16.0. The van der Waals surface area contributed by atoms with Gasteiger partial charge in [0.2, 0.25) is 0 Å². The highest BCUT2D eigenvalue weighted by Gasteiger charge is 2.25. The first-order chi connectivity index (χ1) is 11.1. The maximum Gasteiger partial charge on any atom is 0.194 e. The van der Waals surface area contributed by atoms with Crippen molar-refractivity contribution < 1.29 is 0 Å². The van der Waals surface area contributed by atoms with Gasteiger partial charge in [0.1, 0.15) is 5.82 Å². The van der Waals surface area contributed by atoms with Crippen LogP contribution in [-0.2, 0) is 13.6 Å². The largest absolute Gasteiger partial charge is 0.337 e. The lowest BCUT2D eigenvalue weighted by Crippen LogP contribution is -2.35. The molecule has 23 heavy (non-hydrogen) atoms. The van der Waals surface area contributed by atoms with Gasteiger partial charge in [-0.2, -0.15) is 0 Å². The van der Waals surface area contributed by atoms with E-state index < -0.39 is 0 Å². The van der Waals surface area contributed by atoms with Gasteiger partial charge >= 0.3 is 0 Å². The Morgan fingerprint density at radius 1 is 1.30 bits per heavy atom. The van der Waals surface area contributed by atoms with Crippen molar-refractivity contribution in [2.75, 3.05) is 13.1 Å². The van der Waals surface area contributed by atoms with Crippen LogP contribution in [0, 0.1) is 13.8 Å². The van der Waals surface area contributed by atoms with Gasteiger partial charge in [-0.3, -0.25) is 9.30 Å². The van der Waals surface area contributed by atoms with Gasteiger partial charge in [0.25, 0.3) is 0 Å². The van der Waals surface area contributed by atoms with Crippen molar-refractivity contribution in [1.82, 2.24) is 23.8 Å². The summed E-state index contributed by atoms with van der Waals surface area (Å²) in [5, 5.41) is 2.11. The van der Waals surface area contributed by atoms with E-state index in [1.807, 2.05) is 0 Å². The second-order valence-electron chi connectivity index (χ2n) is 6.63. The second kappa shape index (κ2) is 5.76. The third-order valence-electron chi connectivity index (χ3n) is 4.84. The summed E-state index contributed by atoms with van der Waals surface area (Å²) < 4.78 is 4.44. The van der Waals surface area contributed by atoms with Crippen LogP contribution in [0.25, 0.3) is 4.96 Å². The molecule has 6 heteroatoms. The van der Waals surface area contributed by atoms with Crippen LogP contribution in [0.2, 0.25) is 0 Å². The average molecular weight is 329 g/mol. The minimum atomic E-state index is 0.536. The Bertz CT molecular complexity index is 827. The molecule has 0 amide bonds. The highest BCUT2D eigenvalue weighted by atomic mass is 32.1. The van der Waals surface area contributed by atoms with Crippen molar-refractivity contribution in [3.05, 3.63) is 40.7 Å². The number of hydrogen-bond acceptors (Lipinski definition) is 4. The minimum absolute atomic E-state index is 0.536. The number of aryl methyl sites for hydroxylation is 3. The quantitative estimate of drug-likeness (QED) is 0.741. The van der Waals surface area contributed by atoms with Crippen LogP contribution < -0.4 is 0 Å². The molecular formula is C17H23N5S. The highest BCUT2D eigenvalue weighted by molar-refractivity contribution is 7.15. The average Bonchev–Trinajstić information content (AvgIpc) is 3.17. The number of fused-ring (bicyclic) bond motifs is 1. The van der Waals surface area contributed by atoms with Crippen molar-refractivity contribution in [1.29, 1.82) is 0 Å². The summed E-state index contributed by atoms with van der Waals surface area (Å²) in [6.45, 7) is 7.42. The van der Waals surface area contributed by atoms with E-state index in [0.717, 1.165) is 36.0 Å². The van der Waals surface area contributed by atoms with E-state index in [9.17, 15) is 0 Å². The summed E-state index contributed by atoms with van der Waals surface area (Å²) in [5.74, 6) is 1.77. The SMILES string of the molecule is Cc1cn(C)c(C2CCCN(Cc3c(C)nc4sccn34)C2)n1. The predicted molar refractivity (Wildman–Crippen MR) is 93.0 cm³/mol. The van der Waals surface area contributed by atoms with Gasteiger partial charge in [0.05, 0.1) is 17.1 Å². The van der Waals surface area contributed by atoms with Crippen LogP contribution in [0.4, 0.5) is 0 Å². The summed E-state index contributed by atoms with van der Waals surface area (Å²) in [6, 6.07) is 0. The highest BCUT2D eigenvalue weighted by Crippen LogP contribution is 2.28. The Labute approximate surface area is 140 Å². The second-order valence-corrected chi connectivity index (χ2v) is 7.50. The first-order valence-corrected chi connectivity index (χ1v) is 9.13. The normalized spacial score (nSPS) is 19.7. The van der Waals surface area contributed by atoms with Crippen LogP contribution in [0.3, 0.4) is 0 Å². The fourth-order valence-electron chi connectivity index (χ4n) is 3.77. The predicted octanol–water partition coefficient (Wildman–Crippen LogP) is 3.13. The maximum atomic E-state index is 4.75. The molecule has 4 rings (SSSR count). The molecule has 5 nitrogen and oxygen atoms in total. The smallest absolute Gasteiger partial charge is 0.194 e. The van der Waals surface area contributed by atoms with Crippen molar-refractivity contribution >= 4 is 16.3 Å². The lowest BCUT2D eigenvalue weighted by atomic mass is 9.97. The van der Waals surface area contributed by atoms with E-state index in [0.29, 0.717) is 5.92 Å². The third kappa shape index (κ3) is 2.70. The fourth-order valence-corrected chi connectivity index (χ4v) is 4.55.